The van der Waals surface area contributed by atoms with Gasteiger partial charge in [0.1, 0.15) is 11.9 Å². The van der Waals surface area contributed by atoms with Gasteiger partial charge in [-0.1, -0.05) is 86.6 Å². The van der Waals surface area contributed by atoms with Gasteiger partial charge in [0.2, 0.25) is 21.8 Å². The standard InChI is InChI=1S/C33H36FN3O4S/c1-24(2)21-35-33(39)31(19-25-9-5-4-6-10-25)37(22-26-13-16-29(34)17-14-26)32(38)23-36(3)42(40,41)30-18-15-27-11-7-8-12-28(27)20-30/h4-18,20,24,31H,19,21-23H2,1-3H3,(H,35,39)/t31-/m1/s1. The fraction of sp³-hybridized carbons (Fsp3) is 0.273. The maximum Gasteiger partial charge on any atom is 0.243 e. The molecular weight excluding hydrogens is 553 g/mol. The molecule has 1 N–H and O–H groups in total. The monoisotopic (exact) mass is 589 g/mol. The van der Waals surface area contributed by atoms with Gasteiger partial charge < -0.3 is 10.2 Å². The van der Waals surface area contributed by atoms with E-state index >= 15 is 0 Å². The van der Waals surface area contributed by atoms with Gasteiger partial charge in [-0.05, 0) is 52.1 Å². The number of likely N-dealkylation sites (N-methyl/N-ethyl adjacent to an activating group) is 1. The fourth-order valence-electron chi connectivity index (χ4n) is 4.64. The zero-order chi connectivity index (χ0) is 30.3. The molecule has 4 rings (SSSR count). The lowest BCUT2D eigenvalue weighted by molar-refractivity contribution is -0.141. The Bertz CT molecular complexity index is 1630. The van der Waals surface area contributed by atoms with Crippen molar-refractivity contribution >= 4 is 32.6 Å². The van der Waals surface area contributed by atoms with Crippen LogP contribution in [0.25, 0.3) is 10.8 Å². The zero-order valence-electron chi connectivity index (χ0n) is 24.0. The lowest BCUT2D eigenvalue weighted by Crippen LogP contribution is -2.53. The second kappa shape index (κ2) is 13.7. The van der Waals surface area contributed by atoms with Gasteiger partial charge >= 0.3 is 0 Å². The van der Waals surface area contributed by atoms with Crippen LogP contribution in [0.5, 0.6) is 0 Å². The number of nitrogens with zero attached hydrogens (tertiary/aromatic N) is 2. The maximum atomic E-state index is 14.0. The Hall–Kier alpha value is -4.08. The van der Waals surface area contributed by atoms with E-state index in [1.54, 1.807) is 24.3 Å². The molecule has 0 radical (unpaired) electrons. The summed E-state index contributed by atoms with van der Waals surface area (Å²) in [6.45, 7) is 3.87. The van der Waals surface area contributed by atoms with Crippen molar-refractivity contribution in [3.63, 3.8) is 0 Å². The van der Waals surface area contributed by atoms with E-state index in [1.165, 1.54) is 30.1 Å². The van der Waals surface area contributed by atoms with Crippen molar-refractivity contribution in [3.8, 4) is 0 Å². The number of amides is 2. The molecule has 0 saturated carbocycles. The molecule has 4 aromatic carbocycles. The lowest BCUT2D eigenvalue weighted by Gasteiger charge is -2.33. The number of carbonyl (C=O) groups excluding carboxylic acids is 2. The van der Waals surface area contributed by atoms with Crippen molar-refractivity contribution in [1.29, 1.82) is 0 Å². The van der Waals surface area contributed by atoms with Gasteiger partial charge in [0.05, 0.1) is 11.4 Å². The minimum Gasteiger partial charge on any atom is -0.354 e. The van der Waals surface area contributed by atoms with Gasteiger partial charge in [-0.3, -0.25) is 9.59 Å². The molecule has 0 aliphatic heterocycles. The van der Waals surface area contributed by atoms with Crippen LogP contribution in [-0.2, 0) is 32.6 Å². The number of fused-ring (bicyclic) bond motifs is 1. The van der Waals surface area contributed by atoms with Crippen LogP contribution in [-0.4, -0.2) is 55.6 Å². The molecule has 0 aliphatic rings. The van der Waals surface area contributed by atoms with Crippen molar-refractivity contribution < 1.29 is 22.4 Å². The summed E-state index contributed by atoms with van der Waals surface area (Å²) in [4.78, 5) is 29.0. The first-order valence-corrected chi connectivity index (χ1v) is 15.3. The number of hydrogen-bond donors (Lipinski definition) is 1. The molecule has 1 atom stereocenters. The Morgan fingerprint density at radius 3 is 2.14 bits per heavy atom. The molecule has 4 aromatic rings. The van der Waals surface area contributed by atoms with Crippen LogP contribution in [0, 0.1) is 11.7 Å². The van der Waals surface area contributed by atoms with Crippen molar-refractivity contribution in [2.24, 2.45) is 5.92 Å². The molecule has 0 bridgehead atoms. The van der Waals surface area contributed by atoms with E-state index in [9.17, 15) is 22.4 Å². The summed E-state index contributed by atoms with van der Waals surface area (Å²) < 4.78 is 41.8. The number of halogens is 1. The summed E-state index contributed by atoms with van der Waals surface area (Å²) in [5, 5.41) is 4.60. The SMILES string of the molecule is CC(C)CNC(=O)[C@@H](Cc1ccccc1)N(Cc1ccc(F)cc1)C(=O)CN(C)S(=O)(=O)c1ccc2ccccc2c1. The normalized spacial score (nSPS) is 12.4. The summed E-state index contributed by atoms with van der Waals surface area (Å²) in [6.07, 6.45) is 0.221. The van der Waals surface area contributed by atoms with Crippen LogP contribution in [0.2, 0.25) is 0 Å². The zero-order valence-corrected chi connectivity index (χ0v) is 24.9. The number of carbonyl (C=O) groups is 2. The minimum atomic E-state index is -4.03. The van der Waals surface area contributed by atoms with E-state index in [2.05, 4.69) is 5.32 Å². The third kappa shape index (κ3) is 7.80. The molecule has 0 aromatic heterocycles. The predicted octanol–water partition coefficient (Wildman–Crippen LogP) is 5.01. The Kier molecular flexibility index (Phi) is 10.1. The molecular formula is C33H36FN3O4S. The van der Waals surface area contributed by atoms with Gasteiger partial charge in [0.25, 0.3) is 0 Å². The average Bonchev–Trinajstić information content (AvgIpc) is 2.98. The molecule has 9 heteroatoms. The summed E-state index contributed by atoms with van der Waals surface area (Å²) in [6, 6.07) is 26.3. The van der Waals surface area contributed by atoms with Gasteiger partial charge in [0.15, 0.2) is 0 Å². The number of benzene rings is 4. The summed E-state index contributed by atoms with van der Waals surface area (Å²) in [5.74, 6) is -1.13. The van der Waals surface area contributed by atoms with E-state index < -0.39 is 34.3 Å². The first-order chi connectivity index (χ1) is 20.0. The van der Waals surface area contributed by atoms with E-state index in [0.717, 1.165) is 20.6 Å². The Morgan fingerprint density at radius 2 is 1.48 bits per heavy atom. The van der Waals surface area contributed by atoms with Gasteiger partial charge in [-0.2, -0.15) is 4.31 Å². The van der Waals surface area contributed by atoms with Crippen molar-refractivity contribution in [2.45, 2.75) is 37.8 Å². The van der Waals surface area contributed by atoms with Crippen molar-refractivity contribution in [2.75, 3.05) is 20.1 Å². The Morgan fingerprint density at radius 1 is 0.833 bits per heavy atom. The van der Waals surface area contributed by atoms with Crippen LogP contribution in [0.3, 0.4) is 0 Å². The molecule has 0 heterocycles. The first-order valence-electron chi connectivity index (χ1n) is 13.9. The molecule has 0 aliphatic carbocycles. The predicted molar refractivity (Wildman–Crippen MR) is 162 cm³/mol. The van der Waals surface area contributed by atoms with Crippen molar-refractivity contribution in [3.05, 3.63) is 114 Å². The molecule has 220 valence electrons. The van der Waals surface area contributed by atoms with Crippen LogP contribution >= 0.6 is 0 Å². The number of rotatable bonds is 12. The maximum absolute atomic E-state index is 14.0. The second-order valence-electron chi connectivity index (χ2n) is 10.8. The molecule has 42 heavy (non-hydrogen) atoms. The molecule has 2 amide bonds. The van der Waals surface area contributed by atoms with Crippen molar-refractivity contribution in [1.82, 2.24) is 14.5 Å². The van der Waals surface area contributed by atoms with Gasteiger partial charge in [-0.25, -0.2) is 12.8 Å². The highest BCUT2D eigenvalue weighted by Crippen LogP contribution is 2.22. The van der Waals surface area contributed by atoms with E-state index in [4.69, 9.17) is 0 Å². The van der Waals surface area contributed by atoms with E-state index in [1.807, 2.05) is 68.4 Å². The topological polar surface area (TPSA) is 86.8 Å². The lowest BCUT2D eigenvalue weighted by atomic mass is 10.0. The summed E-state index contributed by atoms with van der Waals surface area (Å²) in [7, 11) is -2.68. The largest absolute Gasteiger partial charge is 0.354 e. The Balaban J connectivity index is 1.66. The second-order valence-corrected chi connectivity index (χ2v) is 12.8. The molecule has 0 unspecified atom stereocenters. The number of nitrogens with one attached hydrogen (secondary N) is 1. The highest BCUT2D eigenvalue weighted by atomic mass is 32.2. The van der Waals surface area contributed by atoms with E-state index in [-0.39, 0.29) is 29.7 Å². The van der Waals surface area contributed by atoms with E-state index in [0.29, 0.717) is 12.1 Å². The average molecular weight is 590 g/mol. The van der Waals surface area contributed by atoms with Gasteiger partial charge in [-0.15, -0.1) is 0 Å². The third-order valence-corrected chi connectivity index (χ3v) is 8.81. The van der Waals surface area contributed by atoms with Crippen LogP contribution < -0.4 is 5.32 Å². The summed E-state index contributed by atoms with van der Waals surface area (Å²) >= 11 is 0. The fourth-order valence-corrected chi connectivity index (χ4v) is 5.79. The number of hydrogen-bond acceptors (Lipinski definition) is 4. The summed E-state index contributed by atoms with van der Waals surface area (Å²) in [5.41, 5.74) is 1.45. The highest BCUT2D eigenvalue weighted by Gasteiger charge is 2.33. The molecule has 0 spiro atoms. The smallest absolute Gasteiger partial charge is 0.243 e. The minimum absolute atomic E-state index is 0.00439. The third-order valence-electron chi connectivity index (χ3n) is 7.01. The number of sulfonamides is 1. The molecule has 0 fully saturated rings. The van der Waals surface area contributed by atoms with Gasteiger partial charge in [0, 0.05) is 26.6 Å². The Labute approximate surface area is 247 Å². The molecule has 7 nitrogen and oxygen atoms in total. The van der Waals surface area contributed by atoms with Crippen LogP contribution in [0.15, 0.2) is 102 Å². The molecule has 0 saturated heterocycles. The van der Waals surface area contributed by atoms with Crippen LogP contribution in [0.4, 0.5) is 4.39 Å². The first kappa shape index (κ1) is 30.9. The van der Waals surface area contributed by atoms with Crippen LogP contribution in [0.1, 0.15) is 25.0 Å². The quantitative estimate of drug-likeness (QED) is 0.252. The highest BCUT2D eigenvalue weighted by molar-refractivity contribution is 7.89.